The molecular weight excluding hydrogens is 316 g/mol. The van der Waals surface area contributed by atoms with Crippen molar-refractivity contribution in [1.82, 2.24) is 20.4 Å². The summed E-state index contributed by atoms with van der Waals surface area (Å²) in [6, 6.07) is 8.48. The van der Waals surface area contributed by atoms with Crippen LogP contribution in [0.2, 0.25) is 0 Å². The number of carbonyl (C=O) groups excluding carboxylic acids is 1. The Morgan fingerprint density at radius 2 is 2.20 bits per heavy atom. The summed E-state index contributed by atoms with van der Waals surface area (Å²) in [6.07, 6.45) is 2.85. The summed E-state index contributed by atoms with van der Waals surface area (Å²) in [5, 5.41) is 7.14. The maximum atomic E-state index is 12.4. The predicted molar refractivity (Wildman–Crippen MR) is 95.1 cm³/mol. The monoisotopic (exact) mass is 342 g/mol. The summed E-state index contributed by atoms with van der Waals surface area (Å²) in [5.74, 6) is 1.31. The van der Waals surface area contributed by atoms with Crippen molar-refractivity contribution in [2.24, 2.45) is 0 Å². The van der Waals surface area contributed by atoms with E-state index in [0.29, 0.717) is 18.3 Å². The van der Waals surface area contributed by atoms with Crippen LogP contribution in [0.25, 0.3) is 0 Å². The SMILES string of the molecule is Cc1nc([C@H]2CCCN2CC(=O)N[C@@H](C)Cc2ccccc2C)no1. The number of aromatic nitrogens is 2. The third-order valence-corrected chi connectivity index (χ3v) is 4.75. The van der Waals surface area contributed by atoms with E-state index in [0.717, 1.165) is 25.8 Å². The van der Waals surface area contributed by atoms with Crippen molar-refractivity contribution in [2.75, 3.05) is 13.1 Å². The number of amides is 1. The normalized spacial score (nSPS) is 19.1. The molecule has 1 aromatic carbocycles. The van der Waals surface area contributed by atoms with E-state index in [2.05, 4.69) is 39.4 Å². The minimum atomic E-state index is 0.0493. The van der Waals surface area contributed by atoms with Crippen LogP contribution in [0.3, 0.4) is 0 Å². The summed E-state index contributed by atoms with van der Waals surface area (Å²) in [4.78, 5) is 18.9. The average Bonchev–Trinajstić information content (AvgIpc) is 3.18. The van der Waals surface area contributed by atoms with Crippen LogP contribution in [0.4, 0.5) is 0 Å². The van der Waals surface area contributed by atoms with Gasteiger partial charge in [0.05, 0.1) is 12.6 Å². The van der Waals surface area contributed by atoms with Gasteiger partial charge in [0, 0.05) is 13.0 Å². The van der Waals surface area contributed by atoms with Gasteiger partial charge in [0.25, 0.3) is 0 Å². The maximum Gasteiger partial charge on any atom is 0.234 e. The number of hydrogen-bond acceptors (Lipinski definition) is 5. The molecule has 1 aliphatic rings. The first-order valence-corrected chi connectivity index (χ1v) is 8.91. The molecule has 1 N–H and O–H groups in total. The van der Waals surface area contributed by atoms with Gasteiger partial charge in [0.15, 0.2) is 5.82 Å². The van der Waals surface area contributed by atoms with Gasteiger partial charge >= 0.3 is 0 Å². The lowest BCUT2D eigenvalue weighted by molar-refractivity contribution is -0.123. The number of carbonyl (C=O) groups is 1. The lowest BCUT2D eigenvalue weighted by atomic mass is 10.0. The van der Waals surface area contributed by atoms with E-state index in [1.807, 2.05) is 19.1 Å². The number of nitrogens with one attached hydrogen (secondary N) is 1. The molecule has 2 aromatic rings. The molecule has 3 rings (SSSR count). The van der Waals surface area contributed by atoms with Gasteiger partial charge in [-0.05, 0) is 50.8 Å². The van der Waals surface area contributed by atoms with E-state index in [1.54, 1.807) is 6.92 Å². The van der Waals surface area contributed by atoms with Crippen LogP contribution in [0, 0.1) is 13.8 Å². The fourth-order valence-electron chi connectivity index (χ4n) is 3.48. The third-order valence-electron chi connectivity index (χ3n) is 4.75. The molecule has 1 aliphatic heterocycles. The second kappa shape index (κ2) is 7.78. The van der Waals surface area contributed by atoms with Gasteiger partial charge in [0.1, 0.15) is 0 Å². The topological polar surface area (TPSA) is 71.3 Å². The molecule has 0 saturated carbocycles. The zero-order valence-corrected chi connectivity index (χ0v) is 15.2. The first-order valence-electron chi connectivity index (χ1n) is 8.91. The summed E-state index contributed by atoms with van der Waals surface area (Å²) in [7, 11) is 0. The highest BCUT2D eigenvalue weighted by atomic mass is 16.5. The van der Waals surface area contributed by atoms with E-state index in [-0.39, 0.29) is 18.0 Å². The number of hydrogen-bond donors (Lipinski definition) is 1. The fourth-order valence-corrected chi connectivity index (χ4v) is 3.48. The molecule has 2 atom stereocenters. The number of likely N-dealkylation sites (tertiary alicyclic amines) is 1. The number of nitrogens with zero attached hydrogens (tertiary/aromatic N) is 3. The van der Waals surface area contributed by atoms with E-state index < -0.39 is 0 Å². The standard InChI is InChI=1S/C19H26N4O2/c1-13-7-4-5-8-16(13)11-14(2)20-18(24)12-23-10-6-9-17(23)19-21-15(3)25-22-19/h4-5,7-8,14,17H,6,9-12H2,1-3H3,(H,20,24)/t14-,17+/m0/s1. The number of aryl methyl sites for hydroxylation is 2. The molecule has 0 radical (unpaired) electrons. The van der Waals surface area contributed by atoms with Gasteiger partial charge in [-0.2, -0.15) is 4.98 Å². The summed E-state index contributed by atoms with van der Waals surface area (Å²) in [5.41, 5.74) is 2.53. The molecule has 6 heteroatoms. The van der Waals surface area contributed by atoms with Gasteiger partial charge in [-0.15, -0.1) is 0 Å². The van der Waals surface area contributed by atoms with Gasteiger partial charge < -0.3 is 9.84 Å². The average molecular weight is 342 g/mol. The van der Waals surface area contributed by atoms with E-state index >= 15 is 0 Å². The Hall–Kier alpha value is -2.21. The van der Waals surface area contributed by atoms with Crippen LogP contribution in [0.5, 0.6) is 0 Å². The van der Waals surface area contributed by atoms with Crippen LogP contribution >= 0.6 is 0 Å². The first kappa shape index (κ1) is 17.6. The van der Waals surface area contributed by atoms with Crippen molar-refractivity contribution in [3.05, 3.63) is 47.1 Å². The van der Waals surface area contributed by atoms with Crippen LogP contribution in [0.1, 0.15) is 48.6 Å². The van der Waals surface area contributed by atoms with Gasteiger partial charge in [-0.25, -0.2) is 0 Å². The molecule has 0 unspecified atom stereocenters. The Kier molecular flexibility index (Phi) is 5.48. The molecule has 134 valence electrons. The largest absolute Gasteiger partial charge is 0.352 e. The highest BCUT2D eigenvalue weighted by Gasteiger charge is 2.31. The predicted octanol–water partition coefficient (Wildman–Crippen LogP) is 2.57. The van der Waals surface area contributed by atoms with Crippen LogP contribution in [-0.2, 0) is 11.2 Å². The molecule has 1 fully saturated rings. The molecular formula is C19H26N4O2. The van der Waals surface area contributed by atoms with Crippen molar-refractivity contribution in [3.8, 4) is 0 Å². The second-order valence-electron chi connectivity index (χ2n) is 6.90. The van der Waals surface area contributed by atoms with E-state index in [9.17, 15) is 4.79 Å². The Balaban J connectivity index is 1.54. The third kappa shape index (κ3) is 4.45. The molecule has 0 aliphatic carbocycles. The highest BCUT2D eigenvalue weighted by molar-refractivity contribution is 5.78. The zero-order chi connectivity index (χ0) is 17.8. The van der Waals surface area contributed by atoms with Crippen molar-refractivity contribution < 1.29 is 9.32 Å². The Morgan fingerprint density at radius 3 is 2.92 bits per heavy atom. The van der Waals surface area contributed by atoms with Crippen molar-refractivity contribution >= 4 is 5.91 Å². The van der Waals surface area contributed by atoms with E-state index in [1.165, 1.54) is 11.1 Å². The van der Waals surface area contributed by atoms with Crippen LogP contribution < -0.4 is 5.32 Å². The van der Waals surface area contributed by atoms with Crippen LogP contribution in [0.15, 0.2) is 28.8 Å². The summed E-state index contributed by atoms with van der Waals surface area (Å²) >= 11 is 0. The quantitative estimate of drug-likeness (QED) is 0.873. The molecule has 0 bridgehead atoms. The second-order valence-corrected chi connectivity index (χ2v) is 6.90. The molecule has 1 amide bonds. The maximum absolute atomic E-state index is 12.4. The Labute approximate surface area is 148 Å². The molecule has 1 saturated heterocycles. The summed E-state index contributed by atoms with van der Waals surface area (Å²) < 4.78 is 5.08. The number of benzene rings is 1. The fraction of sp³-hybridized carbons (Fsp3) is 0.526. The number of rotatable bonds is 6. The molecule has 2 heterocycles. The summed E-state index contributed by atoms with van der Waals surface area (Å²) in [6.45, 7) is 7.20. The molecule has 25 heavy (non-hydrogen) atoms. The molecule has 0 spiro atoms. The highest BCUT2D eigenvalue weighted by Crippen LogP contribution is 2.29. The van der Waals surface area contributed by atoms with Crippen LogP contribution in [-0.4, -0.2) is 40.1 Å². The minimum Gasteiger partial charge on any atom is -0.352 e. The lowest BCUT2D eigenvalue weighted by Crippen LogP contribution is -2.41. The van der Waals surface area contributed by atoms with Crippen molar-refractivity contribution in [1.29, 1.82) is 0 Å². The first-order chi connectivity index (χ1) is 12.0. The smallest absolute Gasteiger partial charge is 0.234 e. The lowest BCUT2D eigenvalue weighted by Gasteiger charge is -2.22. The zero-order valence-electron chi connectivity index (χ0n) is 15.2. The minimum absolute atomic E-state index is 0.0493. The molecule has 1 aromatic heterocycles. The molecule has 6 nitrogen and oxygen atoms in total. The van der Waals surface area contributed by atoms with Gasteiger partial charge in [-0.3, -0.25) is 9.69 Å². The Bertz CT molecular complexity index is 728. The van der Waals surface area contributed by atoms with E-state index in [4.69, 9.17) is 4.52 Å². The Morgan fingerprint density at radius 1 is 1.40 bits per heavy atom. The van der Waals surface area contributed by atoms with Crippen molar-refractivity contribution in [3.63, 3.8) is 0 Å². The van der Waals surface area contributed by atoms with Crippen molar-refractivity contribution in [2.45, 2.75) is 52.1 Å². The van der Waals surface area contributed by atoms with Gasteiger partial charge in [-0.1, -0.05) is 29.4 Å². The van der Waals surface area contributed by atoms with Gasteiger partial charge in [0.2, 0.25) is 11.8 Å².